The van der Waals surface area contributed by atoms with Crippen molar-refractivity contribution in [2.45, 2.75) is 0 Å². The number of rotatable bonds is 6. The molecule has 0 aliphatic rings. The van der Waals surface area contributed by atoms with Gasteiger partial charge in [0.25, 0.3) is 0 Å². The topological polar surface area (TPSA) is 51.6 Å². The standard InChI is InChI=1S/C50H32N4/c1-3-11-42-37(7-1)9-5-13-44(42)41-31-46(45-14-6-10-38-8-2-4-12-43(38)45)49-47(32-41)48(39-19-15-33(16-20-39)35-23-27-51-28-24-35)53-50(54-49)40-21-17-34(18-22-40)36-25-29-52-30-26-36/h1-32H. The number of aromatic nitrogens is 4. The molecule has 0 radical (unpaired) electrons. The molecule has 0 aliphatic carbocycles. The van der Waals surface area contributed by atoms with E-state index in [2.05, 4.69) is 156 Å². The maximum atomic E-state index is 5.45. The van der Waals surface area contributed by atoms with Gasteiger partial charge in [0.15, 0.2) is 5.82 Å². The molecule has 10 rings (SSSR count). The van der Waals surface area contributed by atoms with Crippen molar-refractivity contribution in [1.29, 1.82) is 0 Å². The van der Waals surface area contributed by atoms with Gasteiger partial charge in [0.2, 0.25) is 0 Å². The summed E-state index contributed by atoms with van der Waals surface area (Å²) in [5, 5.41) is 5.78. The first-order valence-electron chi connectivity index (χ1n) is 18.1. The molecule has 3 aromatic heterocycles. The summed E-state index contributed by atoms with van der Waals surface area (Å²) in [6, 6.07) is 60.2. The van der Waals surface area contributed by atoms with Crippen LogP contribution in [0.1, 0.15) is 0 Å². The summed E-state index contributed by atoms with van der Waals surface area (Å²) in [5.74, 6) is 0.677. The van der Waals surface area contributed by atoms with Gasteiger partial charge < -0.3 is 0 Å². The Labute approximate surface area is 313 Å². The van der Waals surface area contributed by atoms with E-state index in [1.807, 2.05) is 49.1 Å². The van der Waals surface area contributed by atoms with Crippen LogP contribution in [0, 0.1) is 0 Å². The van der Waals surface area contributed by atoms with Crippen molar-refractivity contribution in [2.75, 3.05) is 0 Å². The van der Waals surface area contributed by atoms with E-state index < -0.39 is 0 Å². The zero-order valence-electron chi connectivity index (χ0n) is 29.3. The maximum Gasteiger partial charge on any atom is 0.160 e. The maximum absolute atomic E-state index is 5.45. The number of hydrogen-bond acceptors (Lipinski definition) is 4. The number of nitrogens with zero attached hydrogens (tertiary/aromatic N) is 4. The number of fused-ring (bicyclic) bond motifs is 3. The van der Waals surface area contributed by atoms with Crippen LogP contribution in [0.5, 0.6) is 0 Å². The van der Waals surface area contributed by atoms with Crippen LogP contribution in [0.25, 0.3) is 99.6 Å². The van der Waals surface area contributed by atoms with Crippen LogP contribution in [0.2, 0.25) is 0 Å². The third-order valence-corrected chi connectivity index (χ3v) is 10.3. The minimum Gasteiger partial charge on any atom is -0.265 e. The summed E-state index contributed by atoms with van der Waals surface area (Å²) in [4.78, 5) is 19.3. The lowest BCUT2D eigenvalue weighted by Gasteiger charge is -2.17. The van der Waals surface area contributed by atoms with Crippen molar-refractivity contribution in [2.24, 2.45) is 0 Å². The lowest BCUT2D eigenvalue weighted by molar-refractivity contribution is 1.23. The van der Waals surface area contributed by atoms with Crippen molar-refractivity contribution < 1.29 is 0 Å². The fourth-order valence-corrected chi connectivity index (χ4v) is 7.60. The predicted molar refractivity (Wildman–Crippen MR) is 223 cm³/mol. The Kier molecular flexibility index (Phi) is 7.77. The number of pyridine rings is 2. The first kappa shape index (κ1) is 31.4. The van der Waals surface area contributed by atoms with Crippen LogP contribution >= 0.6 is 0 Å². The Bertz CT molecular complexity index is 2950. The van der Waals surface area contributed by atoms with Crippen LogP contribution < -0.4 is 0 Å². The van der Waals surface area contributed by atoms with Gasteiger partial charge in [-0.15, -0.1) is 0 Å². The molecule has 54 heavy (non-hydrogen) atoms. The van der Waals surface area contributed by atoms with Crippen LogP contribution in [0.3, 0.4) is 0 Å². The molecular weight excluding hydrogens is 657 g/mol. The highest BCUT2D eigenvalue weighted by molar-refractivity contribution is 6.10. The van der Waals surface area contributed by atoms with Crippen molar-refractivity contribution in [3.63, 3.8) is 0 Å². The molecule has 10 aromatic rings. The third kappa shape index (κ3) is 5.67. The van der Waals surface area contributed by atoms with E-state index >= 15 is 0 Å². The second-order valence-electron chi connectivity index (χ2n) is 13.5. The van der Waals surface area contributed by atoms with Gasteiger partial charge in [0.05, 0.1) is 11.2 Å². The molecule has 7 aromatic carbocycles. The monoisotopic (exact) mass is 688 g/mol. The SMILES string of the molecule is c1ccc2c(-c3cc(-c4cccc5ccccc45)c4nc(-c5ccc(-c6ccncc6)cc5)nc(-c5ccc(-c6ccncc6)cc5)c4c3)cccc2c1. The molecule has 0 fully saturated rings. The second kappa shape index (κ2) is 13.4. The Hall–Kier alpha value is -7.30. The molecule has 0 amide bonds. The highest BCUT2D eigenvalue weighted by atomic mass is 14.9. The normalized spacial score (nSPS) is 11.3. The molecule has 0 saturated carbocycles. The Morgan fingerprint density at radius 2 is 0.778 bits per heavy atom. The average Bonchev–Trinajstić information content (AvgIpc) is 3.26. The van der Waals surface area contributed by atoms with E-state index in [0.29, 0.717) is 5.82 Å². The largest absolute Gasteiger partial charge is 0.265 e. The van der Waals surface area contributed by atoms with Gasteiger partial charge >= 0.3 is 0 Å². The summed E-state index contributed by atoms with van der Waals surface area (Å²) >= 11 is 0. The summed E-state index contributed by atoms with van der Waals surface area (Å²) in [7, 11) is 0. The predicted octanol–water partition coefficient (Wildman–Crippen LogP) is 12.7. The Morgan fingerprint density at radius 3 is 1.39 bits per heavy atom. The lowest BCUT2D eigenvalue weighted by atomic mass is 9.90. The highest BCUT2D eigenvalue weighted by Crippen LogP contribution is 2.42. The third-order valence-electron chi connectivity index (χ3n) is 10.3. The van der Waals surface area contributed by atoms with E-state index in [1.165, 1.54) is 27.1 Å². The van der Waals surface area contributed by atoms with Crippen molar-refractivity contribution in [1.82, 2.24) is 19.9 Å². The summed E-state index contributed by atoms with van der Waals surface area (Å²) in [5.41, 5.74) is 12.7. The molecule has 0 saturated heterocycles. The first-order valence-corrected chi connectivity index (χ1v) is 18.1. The molecule has 0 spiro atoms. The smallest absolute Gasteiger partial charge is 0.160 e. The van der Waals surface area contributed by atoms with Crippen LogP contribution in [-0.2, 0) is 0 Å². The Balaban J connectivity index is 1.26. The molecule has 3 heterocycles. The zero-order valence-corrected chi connectivity index (χ0v) is 29.3. The molecule has 4 nitrogen and oxygen atoms in total. The first-order chi connectivity index (χ1) is 26.8. The van der Waals surface area contributed by atoms with E-state index in [0.717, 1.165) is 66.7 Å². The van der Waals surface area contributed by atoms with Gasteiger partial charge in [-0.1, -0.05) is 133 Å². The van der Waals surface area contributed by atoms with Crippen molar-refractivity contribution >= 4 is 32.4 Å². The van der Waals surface area contributed by atoms with Crippen molar-refractivity contribution in [3.05, 3.63) is 195 Å². The summed E-state index contributed by atoms with van der Waals surface area (Å²) in [6.07, 6.45) is 7.31. The average molecular weight is 689 g/mol. The van der Waals surface area contributed by atoms with Gasteiger partial charge in [-0.2, -0.15) is 0 Å². The zero-order chi connectivity index (χ0) is 35.8. The molecule has 0 bridgehead atoms. The lowest BCUT2D eigenvalue weighted by Crippen LogP contribution is -1.98. The number of benzene rings is 7. The van der Waals surface area contributed by atoms with Crippen LogP contribution in [-0.4, -0.2) is 19.9 Å². The van der Waals surface area contributed by atoms with Crippen LogP contribution in [0.15, 0.2) is 195 Å². The van der Waals surface area contributed by atoms with Gasteiger partial charge in [0, 0.05) is 46.9 Å². The van der Waals surface area contributed by atoms with Crippen molar-refractivity contribution in [3.8, 4) is 67.2 Å². The molecule has 0 aliphatic heterocycles. The van der Waals surface area contributed by atoms with Gasteiger partial charge in [0.1, 0.15) is 0 Å². The van der Waals surface area contributed by atoms with Gasteiger partial charge in [-0.05, 0) is 96.9 Å². The Morgan fingerprint density at radius 1 is 0.296 bits per heavy atom. The fourth-order valence-electron chi connectivity index (χ4n) is 7.60. The molecule has 0 N–H and O–H groups in total. The van der Waals surface area contributed by atoms with E-state index in [9.17, 15) is 0 Å². The second-order valence-corrected chi connectivity index (χ2v) is 13.5. The van der Waals surface area contributed by atoms with E-state index in [1.54, 1.807) is 0 Å². The van der Waals surface area contributed by atoms with E-state index in [-0.39, 0.29) is 0 Å². The van der Waals surface area contributed by atoms with E-state index in [4.69, 9.17) is 9.97 Å². The molecule has 0 unspecified atom stereocenters. The summed E-state index contributed by atoms with van der Waals surface area (Å²) in [6.45, 7) is 0. The highest BCUT2D eigenvalue weighted by Gasteiger charge is 2.19. The molecular formula is C50H32N4. The quantitative estimate of drug-likeness (QED) is 0.174. The van der Waals surface area contributed by atoms with Gasteiger partial charge in [-0.25, -0.2) is 9.97 Å². The minimum absolute atomic E-state index is 0.677. The van der Waals surface area contributed by atoms with Crippen LogP contribution in [0.4, 0.5) is 0 Å². The summed E-state index contributed by atoms with van der Waals surface area (Å²) < 4.78 is 0. The minimum atomic E-state index is 0.677. The molecule has 252 valence electrons. The molecule has 4 heteroatoms. The molecule has 0 atom stereocenters. The number of hydrogen-bond donors (Lipinski definition) is 0. The van der Waals surface area contributed by atoms with Gasteiger partial charge in [-0.3, -0.25) is 9.97 Å². The fraction of sp³-hybridized carbons (Fsp3) is 0.